The molecule has 2 aliphatic rings. The first-order valence-electron chi connectivity index (χ1n) is 7.27. The lowest BCUT2D eigenvalue weighted by Gasteiger charge is -2.41. The summed E-state index contributed by atoms with van der Waals surface area (Å²) >= 11 is 5.93. The van der Waals surface area contributed by atoms with E-state index in [0.29, 0.717) is 12.1 Å². The molecule has 0 aromatic heterocycles. The van der Waals surface area contributed by atoms with E-state index in [0.717, 1.165) is 17.3 Å². The van der Waals surface area contributed by atoms with Crippen LogP contribution in [0.25, 0.3) is 0 Å². The highest BCUT2D eigenvalue weighted by molar-refractivity contribution is 14.1. The molecule has 0 radical (unpaired) electrons. The van der Waals surface area contributed by atoms with Crippen molar-refractivity contribution >= 4 is 44.5 Å². The topological polar surface area (TPSA) is 29.5 Å². The number of nitrogens with zero attached hydrogens (tertiary/aromatic N) is 1. The molecule has 0 aliphatic carbocycles. The molecule has 5 heteroatoms. The number of carbonyl (C=O) groups is 1. The lowest BCUT2D eigenvalue weighted by molar-refractivity contribution is -0.150. The molecule has 1 aromatic carbocycles. The fourth-order valence-electron chi connectivity index (χ4n) is 4.01. The minimum Gasteiger partial charge on any atom is -0.469 e. The summed E-state index contributed by atoms with van der Waals surface area (Å²) in [7, 11) is 3.66. The maximum Gasteiger partial charge on any atom is 0.310 e. The number of carbonyl (C=O) groups excluding carboxylic acids is 1. The maximum atomic E-state index is 12.4. The lowest BCUT2D eigenvalue weighted by atomic mass is 9.76. The third-order valence-electron chi connectivity index (χ3n) is 5.11. The van der Waals surface area contributed by atoms with Gasteiger partial charge < -0.3 is 4.74 Å². The highest BCUT2D eigenvalue weighted by atomic mass is 127. The second-order valence-corrected chi connectivity index (χ2v) is 8.05. The normalized spacial score (nSPS) is 32.2. The molecule has 2 heterocycles. The van der Waals surface area contributed by atoms with Crippen LogP contribution in [0, 0.1) is 9.49 Å². The Balaban J connectivity index is 1.98. The second kappa shape index (κ2) is 6.16. The highest BCUT2D eigenvalue weighted by Crippen LogP contribution is 2.47. The monoisotopic (exact) mass is 463 g/mol. The standard InChI is InChI=1S/C16H19BrINO2/c1-19-10-4-6-14(19)15(16(20)21-2)11(8-10)9-3-5-13(18)12(17)7-9/h3,5,7,10-11,14-15H,4,6,8H2,1-2H3/t10-,11+,14+,15-/m0/s1. The number of hydrogen-bond acceptors (Lipinski definition) is 3. The van der Waals surface area contributed by atoms with Crippen LogP contribution in [0.2, 0.25) is 0 Å². The van der Waals surface area contributed by atoms with Gasteiger partial charge in [-0.2, -0.15) is 0 Å². The maximum absolute atomic E-state index is 12.4. The summed E-state index contributed by atoms with van der Waals surface area (Å²) in [6.07, 6.45) is 3.33. The molecule has 2 bridgehead atoms. The summed E-state index contributed by atoms with van der Waals surface area (Å²) in [4.78, 5) is 14.8. The zero-order valence-corrected chi connectivity index (χ0v) is 15.9. The molecule has 4 atom stereocenters. The summed E-state index contributed by atoms with van der Waals surface area (Å²) in [6, 6.07) is 7.37. The van der Waals surface area contributed by atoms with Crippen LogP contribution in [0.15, 0.2) is 22.7 Å². The predicted octanol–water partition coefficient (Wildman–Crippen LogP) is 3.79. The van der Waals surface area contributed by atoms with Crippen LogP contribution in [0.3, 0.4) is 0 Å². The van der Waals surface area contributed by atoms with Gasteiger partial charge >= 0.3 is 5.97 Å². The zero-order valence-electron chi connectivity index (χ0n) is 12.2. The summed E-state index contributed by atoms with van der Waals surface area (Å²) in [5.74, 6) is 0.150. The van der Waals surface area contributed by atoms with Crippen molar-refractivity contribution in [3.8, 4) is 0 Å². The number of benzene rings is 1. The molecule has 3 nitrogen and oxygen atoms in total. The molecule has 2 saturated heterocycles. The molecule has 0 amide bonds. The molecule has 2 aliphatic heterocycles. The molecule has 0 N–H and O–H groups in total. The molecule has 0 spiro atoms. The third-order valence-corrected chi connectivity index (χ3v) is 7.45. The summed E-state index contributed by atoms with van der Waals surface area (Å²) in [5, 5.41) is 0. The minimum atomic E-state index is -0.0631. The van der Waals surface area contributed by atoms with Gasteiger partial charge in [0.05, 0.1) is 13.0 Å². The van der Waals surface area contributed by atoms with Crippen LogP contribution >= 0.6 is 38.5 Å². The van der Waals surface area contributed by atoms with Gasteiger partial charge in [0, 0.05) is 26.0 Å². The SMILES string of the molecule is COC(=O)[C@H]1[C@@H](c2ccc(I)c(Br)c2)C[C@@H]2CC[C@H]1N2C. The molecule has 114 valence electrons. The largest absolute Gasteiger partial charge is 0.469 e. The highest BCUT2D eigenvalue weighted by Gasteiger charge is 2.49. The Kier molecular flexibility index (Phi) is 4.62. The number of methoxy groups -OCH3 is 1. The zero-order chi connectivity index (χ0) is 15.1. The van der Waals surface area contributed by atoms with Crippen LogP contribution in [-0.2, 0) is 9.53 Å². The number of piperidine rings is 1. The van der Waals surface area contributed by atoms with Gasteiger partial charge in [0.2, 0.25) is 0 Å². The summed E-state index contributed by atoms with van der Waals surface area (Å²) in [6.45, 7) is 0. The predicted molar refractivity (Wildman–Crippen MR) is 94.3 cm³/mol. The third kappa shape index (κ3) is 2.77. The average Bonchev–Trinajstić information content (AvgIpc) is 2.72. The first-order chi connectivity index (χ1) is 10.0. The number of fused-ring (bicyclic) bond motifs is 2. The van der Waals surface area contributed by atoms with Gasteiger partial charge in [-0.15, -0.1) is 0 Å². The number of halogens is 2. The number of hydrogen-bond donors (Lipinski definition) is 0. The summed E-state index contributed by atoms with van der Waals surface area (Å²) in [5.41, 5.74) is 1.25. The molecule has 0 saturated carbocycles. The van der Waals surface area contributed by atoms with Gasteiger partial charge in [-0.25, -0.2) is 0 Å². The van der Waals surface area contributed by atoms with E-state index in [-0.39, 0.29) is 17.8 Å². The van der Waals surface area contributed by atoms with Gasteiger partial charge in [-0.05, 0) is 82.5 Å². The Labute approximate surface area is 147 Å². The van der Waals surface area contributed by atoms with E-state index >= 15 is 0 Å². The van der Waals surface area contributed by atoms with Crippen molar-refractivity contribution in [2.75, 3.05) is 14.2 Å². The van der Waals surface area contributed by atoms with E-state index in [9.17, 15) is 4.79 Å². The smallest absolute Gasteiger partial charge is 0.310 e. The number of rotatable bonds is 2. The van der Waals surface area contributed by atoms with Crippen molar-refractivity contribution < 1.29 is 9.53 Å². The van der Waals surface area contributed by atoms with Crippen molar-refractivity contribution in [3.63, 3.8) is 0 Å². The number of ether oxygens (including phenoxy) is 1. The Hall–Kier alpha value is -0.140. The fraction of sp³-hybridized carbons (Fsp3) is 0.562. The quantitative estimate of drug-likeness (QED) is 0.493. The van der Waals surface area contributed by atoms with E-state index in [2.05, 4.69) is 68.7 Å². The first-order valence-corrected chi connectivity index (χ1v) is 9.14. The molecular weight excluding hydrogens is 445 g/mol. The fourth-order valence-corrected chi connectivity index (χ4v) is 4.74. The van der Waals surface area contributed by atoms with Crippen molar-refractivity contribution in [1.29, 1.82) is 0 Å². The van der Waals surface area contributed by atoms with Crippen LogP contribution in [0.4, 0.5) is 0 Å². The van der Waals surface area contributed by atoms with Crippen molar-refractivity contribution in [2.24, 2.45) is 5.92 Å². The Morgan fingerprint density at radius 3 is 2.86 bits per heavy atom. The van der Waals surface area contributed by atoms with Gasteiger partial charge in [0.15, 0.2) is 0 Å². The van der Waals surface area contributed by atoms with E-state index < -0.39 is 0 Å². The molecule has 1 aromatic rings. The van der Waals surface area contributed by atoms with E-state index in [1.165, 1.54) is 22.7 Å². The molecule has 3 rings (SSSR count). The summed E-state index contributed by atoms with van der Waals surface area (Å²) < 4.78 is 7.42. The van der Waals surface area contributed by atoms with Gasteiger partial charge in [-0.3, -0.25) is 9.69 Å². The van der Waals surface area contributed by atoms with E-state index in [4.69, 9.17) is 4.74 Å². The van der Waals surface area contributed by atoms with Crippen molar-refractivity contribution in [3.05, 3.63) is 31.8 Å². The Morgan fingerprint density at radius 1 is 1.43 bits per heavy atom. The van der Waals surface area contributed by atoms with Crippen LogP contribution < -0.4 is 0 Å². The molecule has 21 heavy (non-hydrogen) atoms. The number of esters is 1. The van der Waals surface area contributed by atoms with Crippen molar-refractivity contribution in [2.45, 2.75) is 37.3 Å². The van der Waals surface area contributed by atoms with Crippen LogP contribution in [-0.4, -0.2) is 37.1 Å². The lowest BCUT2D eigenvalue weighted by Crippen LogP contribution is -2.49. The second-order valence-electron chi connectivity index (χ2n) is 6.03. The van der Waals surface area contributed by atoms with Crippen LogP contribution in [0.1, 0.15) is 30.7 Å². The Morgan fingerprint density at radius 2 is 2.19 bits per heavy atom. The van der Waals surface area contributed by atoms with Crippen molar-refractivity contribution in [1.82, 2.24) is 4.90 Å². The average molecular weight is 464 g/mol. The van der Waals surface area contributed by atoms with Crippen LogP contribution in [0.5, 0.6) is 0 Å². The minimum absolute atomic E-state index is 0.0503. The van der Waals surface area contributed by atoms with Gasteiger partial charge in [0.1, 0.15) is 0 Å². The van der Waals surface area contributed by atoms with Gasteiger partial charge in [-0.1, -0.05) is 6.07 Å². The molecular formula is C16H19BrINO2. The molecule has 2 fully saturated rings. The first kappa shape index (κ1) is 15.7. The van der Waals surface area contributed by atoms with E-state index in [1.54, 1.807) is 0 Å². The molecule has 0 unspecified atom stereocenters. The Bertz CT molecular complexity index is 565. The van der Waals surface area contributed by atoms with E-state index in [1.807, 2.05) is 0 Å². The van der Waals surface area contributed by atoms with Gasteiger partial charge in [0.25, 0.3) is 0 Å².